The zero-order valence-corrected chi connectivity index (χ0v) is 10.2. The molecule has 0 radical (unpaired) electrons. The second kappa shape index (κ2) is 4.52. The van der Waals surface area contributed by atoms with E-state index >= 15 is 0 Å². The molecule has 0 atom stereocenters. The van der Waals surface area contributed by atoms with Crippen LogP contribution in [-0.2, 0) is 14.8 Å². The predicted molar refractivity (Wildman–Crippen MR) is 60.7 cm³/mol. The second-order valence-corrected chi connectivity index (χ2v) is 6.59. The average Bonchev–Trinajstić information content (AvgIpc) is 2.68. The summed E-state index contributed by atoms with van der Waals surface area (Å²) < 4.78 is 25.7. The Labute approximate surface area is 98.1 Å². The quantitative estimate of drug-likeness (QED) is 0.829. The molecule has 1 aliphatic rings. The summed E-state index contributed by atoms with van der Waals surface area (Å²) in [6.07, 6.45) is 0.649. The van der Waals surface area contributed by atoms with Gasteiger partial charge >= 0.3 is 0 Å². The highest BCUT2D eigenvalue weighted by atomic mass is 32.2. The summed E-state index contributed by atoms with van der Waals surface area (Å²) in [5.41, 5.74) is 0. The molecule has 7 heteroatoms. The van der Waals surface area contributed by atoms with E-state index in [1.54, 1.807) is 17.5 Å². The van der Waals surface area contributed by atoms with Gasteiger partial charge in [-0.25, -0.2) is 8.42 Å². The smallest absolute Gasteiger partial charge is 0.253 e. The number of hydrogen-bond donors (Lipinski definition) is 1. The van der Waals surface area contributed by atoms with Gasteiger partial charge in [-0.05, 0) is 17.9 Å². The molecule has 1 fully saturated rings. The van der Waals surface area contributed by atoms with E-state index < -0.39 is 10.0 Å². The Balaban J connectivity index is 2.26. The molecule has 1 N–H and O–H groups in total. The Kier molecular flexibility index (Phi) is 3.27. The lowest BCUT2D eigenvalue weighted by molar-refractivity contribution is -0.120. The van der Waals surface area contributed by atoms with Crippen molar-refractivity contribution in [1.29, 1.82) is 0 Å². The van der Waals surface area contributed by atoms with Gasteiger partial charge in [-0.15, -0.1) is 11.3 Å². The van der Waals surface area contributed by atoms with Crippen LogP contribution in [0, 0.1) is 0 Å². The van der Waals surface area contributed by atoms with Crippen molar-refractivity contribution in [2.45, 2.75) is 10.6 Å². The van der Waals surface area contributed by atoms with Gasteiger partial charge in [0.1, 0.15) is 4.21 Å². The highest BCUT2D eigenvalue weighted by Crippen LogP contribution is 2.21. The van der Waals surface area contributed by atoms with E-state index in [1.807, 2.05) is 0 Å². The van der Waals surface area contributed by atoms with Gasteiger partial charge in [0.05, 0.1) is 6.54 Å². The number of thiophene rings is 1. The topological polar surface area (TPSA) is 66.5 Å². The number of hydrogen-bond acceptors (Lipinski definition) is 4. The first kappa shape index (κ1) is 11.6. The van der Waals surface area contributed by atoms with Crippen molar-refractivity contribution in [3.05, 3.63) is 17.5 Å². The molecule has 1 aromatic rings. The fourth-order valence-corrected chi connectivity index (χ4v) is 4.10. The van der Waals surface area contributed by atoms with Crippen molar-refractivity contribution >= 4 is 27.3 Å². The van der Waals surface area contributed by atoms with E-state index in [-0.39, 0.29) is 12.5 Å². The molecular weight excluding hydrogens is 248 g/mol. The molecule has 0 spiro atoms. The maximum atomic E-state index is 12.1. The number of amides is 1. The monoisotopic (exact) mass is 260 g/mol. The molecule has 1 aliphatic heterocycles. The van der Waals surface area contributed by atoms with Crippen LogP contribution in [0.1, 0.15) is 6.42 Å². The summed E-state index contributed by atoms with van der Waals surface area (Å²) in [7, 11) is -3.48. The number of rotatable bonds is 2. The van der Waals surface area contributed by atoms with Crippen LogP contribution in [0.4, 0.5) is 0 Å². The van der Waals surface area contributed by atoms with Crippen LogP contribution >= 0.6 is 11.3 Å². The molecule has 2 rings (SSSR count). The molecule has 0 bridgehead atoms. The first-order valence-corrected chi connectivity index (χ1v) is 7.23. The number of carbonyl (C=O) groups is 1. The van der Waals surface area contributed by atoms with Crippen LogP contribution in [-0.4, -0.2) is 38.3 Å². The van der Waals surface area contributed by atoms with Crippen molar-refractivity contribution < 1.29 is 13.2 Å². The van der Waals surface area contributed by atoms with Crippen molar-refractivity contribution in [2.75, 3.05) is 19.6 Å². The fourth-order valence-electron chi connectivity index (χ4n) is 1.52. The van der Waals surface area contributed by atoms with Gasteiger partial charge in [-0.2, -0.15) is 4.31 Å². The van der Waals surface area contributed by atoms with Gasteiger partial charge in [0, 0.05) is 13.1 Å². The maximum absolute atomic E-state index is 12.1. The lowest BCUT2D eigenvalue weighted by atomic mass is 10.4. The van der Waals surface area contributed by atoms with Crippen molar-refractivity contribution in [3.8, 4) is 0 Å². The molecule has 0 unspecified atom stereocenters. The predicted octanol–water partition coefficient (Wildman–Crippen LogP) is 0.259. The average molecular weight is 260 g/mol. The Bertz CT molecular complexity index is 467. The van der Waals surface area contributed by atoms with Crippen LogP contribution in [0.25, 0.3) is 0 Å². The zero-order chi connectivity index (χ0) is 11.6. The largest absolute Gasteiger partial charge is 0.355 e. The summed E-state index contributed by atoms with van der Waals surface area (Å²) in [5.74, 6) is -0.238. The molecule has 1 aromatic heterocycles. The Hall–Kier alpha value is -0.920. The maximum Gasteiger partial charge on any atom is 0.253 e. The van der Waals surface area contributed by atoms with Gasteiger partial charge < -0.3 is 5.32 Å². The molecule has 0 aliphatic carbocycles. The van der Waals surface area contributed by atoms with Crippen molar-refractivity contribution in [3.63, 3.8) is 0 Å². The fraction of sp³-hybridized carbons (Fsp3) is 0.444. The molecule has 0 aromatic carbocycles. The molecule has 2 heterocycles. The van der Waals surface area contributed by atoms with Crippen molar-refractivity contribution in [2.24, 2.45) is 0 Å². The first-order valence-electron chi connectivity index (χ1n) is 4.91. The summed E-state index contributed by atoms with van der Waals surface area (Å²) in [5, 5.41) is 4.36. The van der Waals surface area contributed by atoms with Gasteiger partial charge in [-0.3, -0.25) is 4.79 Å². The lowest BCUT2D eigenvalue weighted by Gasteiger charge is -2.17. The minimum Gasteiger partial charge on any atom is -0.355 e. The van der Waals surface area contributed by atoms with E-state index in [4.69, 9.17) is 0 Å². The summed E-state index contributed by atoms with van der Waals surface area (Å²) >= 11 is 1.17. The summed E-state index contributed by atoms with van der Waals surface area (Å²) in [6, 6.07) is 3.25. The number of nitrogens with zero attached hydrogens (tertiary/aromatic N) is 1. The van der Waals surface area contributed by atoms with E-state index in [0.717, 1.165) is 0 Å². The summed E-state index contributed by atoms with van der Waals surface area (Å²) in [4.78, 5) is 11.3. The Morgan fingerprint density at radius 1 is 1.44 bits per heavy atom. The zero-order valence-electron chi connectivity index (χ0n) is 8.55. The van der Waals surface area contributed by atoms with Crippen LogP contribution < -0.4 is 5.32 Å². The Morgan fingerprint density at radius 2 is 2.25 bits per heavy atom. The van der Waals surface area contributed by atoms with Crippen LogP contribution in [0.15, 0.2) is 21.7 Å². The number of nitrogens with one attached hydrogen (secondary N) is 1. The molecule has 0 saturated carbocycles. The van der Waals surface area contributed by atoms with Gasteiger partial charge in [0.25, 0.3) is 10.0 Å². The van der Waals surface area contributed by atoms with Crippen LogP contribution in [0.2, 0.25) is 0 Å². The van der Waals surface area contributed by atoms with Crippen LogP contribution in [0.5, 0.6) is 0 Å². The molecule has 1 saturated heterocycles. The Morgan fingerprint density at radius 3 is 2.94 bits per heavy atom. The number of carbonyl (C=O) groups excluding carboxylic acids is 1. The summed E-state index contributed by atoms with van der Waals surface area (Å²) in [6.45, 7) is 0.842. The third-order valence-electron chi connectivity index (χ3n) is 2.32. The standard InChI is InChI=1S/C9H12N2O3S2/c12-8-7-11(5-2-4-10-8)16(13,14)9-3-1-6-15-9/h1,3,6H,2,4-5,7H2,(H,10,12). The SMILES string of the molecule is O=C1CN(S(=O)(=O)c2cccs2)CCCN1. The van der Waals surface area contributed by atoms with E-state index in [2.05, 4.69) is 5.32 Å². The molecule has 1 amide bonds. The lowest BCUT2D eigenvalue weighted by Crippen LogP contribution is -2.37. The third-order valence-corrected chi connectivity index (χ3v) is 5.53. The molecule has 5 nitrogen and oxygen atoms in total. The van der Waals surface area contributed by atoms with E-state index in [0.29, 0.717) is 23.7 Å². The first-order chi connectivity index (χ1) is 7.60. The van der Waals surface area contributed by atoms with Crippen LogP contribution in [0.3, 0.4) is 0 Å². The second-order valence-electron chi connectivity index (χ2n) is 3.47. The van der Waals surface area contributed by atoms with Gasteiger partial charge in [0.15, 0.2) is 0 Å². The number of sulfonamides is 1. The van der Waals surface area contributed by atoms with E-state index in [9.17, 15) is 13.2 Å². The van der Waals surface area contributed by atoms with Gasteiger partial charge in [-0.1, -0.05) is 6.07 Å². The van der Waals surface area contributed by atoms with Gasteiger partial charge in [0.2, 0.25) is 5.91 Å². The normalized spacial score (nSPS) is 19.1. The molecular formula is C9H12N2O3S2. The highest BCUT2D eigenvalue weighted by molar-refractivity contribution is 7.91. The minimum atomic E-state index is -3.48. The van der Waals surface area contributed by atoms with Crippen molar-refractivity contribution in [1.82, 2.24) is 9.62 Å². The van der Waals surface area contributed by atoms with E-state index in [1.165, 1.54) is 15.6 Å². The third kappa shape index (κ3) is 2.26. The highest BCUT2D eigenvalue weighted by Gasteiger charge is 2.28. The molecule has 16 heavy (non-hydrogen) atoms. The molecule has 88 valence electrons. The minimum absolute atomic E-state index is 0.0831.